The summed E-state index contributed by atoms with van der Waals surface area (Å²) in [6, 6.07) is 0. The molecule has 0 aromatic carbocycles. The first-order chi connectivity index (χ1) is 9.56. The summed E-state index contributed by atoms with van der Waals surface area (Å²) >= 11 is 6.07. The average molecular weight is 294 g/mol. The van der Waals surface area contributed by atoms with E-state index in [9.17, 15) is 4.79 Å². The predicted octanol–water partition coefficient (Wildman–Crippen LogP) is 2.91. The summed E-state index contributed by atoms with van der Waals surface area (Å²) in [5, 5.41) is 7.50. The van der Waals surface area contributed by atoms with Gasteiger partial charge in [0.2, 0.25) is 0 Å². The first kappa shape index (κ1) is 14.9. The van der Waals surface area contributed by atoms with E-state index in [0.29, 0.717) is 10.7 Å². The highest BCUT2D eigenvalue weighted by molar-refractivity contribution is 6.32. The molecule has 2 rings (SSSR count). The third kappa shape index (κ3) is 3.34. The predicted molar refractivity (Wildman–Crippen MR) is 82.0 cm³/mol. The minimum Gasteiger partial charge on any atom is -0.379 e. The molecular weight excluding hydrogens is 274 g/mol. The van der Waals surface area contributed by atoms with Crippen LogP contribution in [0.4, 0.5) is 5.69 Å². The maximum Gasteiger partial charge on any atom is 0.292 e. The van der Waals surface area contributed by atoms with Gasteiger partial charge in [-0.15, -0.1) is 6.42 Å². The molecule has 1 aromatic heterocycles. The molecule has 0 bridgehead atoms. The van der Waals surface area contributed by atoms with Crippen LogP contribution in [0, 0.1) is 17.8 Å². The molecular formula is C15H20ClN3O. The van der Waals surface area contributed by atoms with Crippen LogP contribution in [-0.4, -0.2) is 16.3 Å². The Hall–Kier alpha value is -1.47. The third-order valence-electron chi connectivity index (χ3n) is 3.99. The van der Waals surface area contributed by atoms with Crippen LogP contribution in [0.3, 0.4) is 0 Å². The molecule has 0 aliphatic heterocycles. The number of terminal acetylenes is 1. The first-order valence-electron chi connectivity index (χ1n) is 6.99. The molecule has 1 saturated carbocycles. The lowest BCUT2D eigenvalue weighted by Gasteiger charge is -2.34. The molecule has 0 radical (unpaired) electrons. The molecule has 0 spiro atoms. The number of rotatable bonds is 4. The second-order valence-electron chi connectivity index (χ2n) is 5.76. The summed E-state index contributed by atoms with van der Waals surface area (Å²) in [4.78, 5) is 12.2. The molecule has 0 unspecified atom stereocenters. The van der Waals surface area contributed by atoms with E-state index in [1.165, 1.54) is 43.0 Å². The van der Waals surface area contributed by atoms with Gasteiger partial charge in [0.05, 0.1) is 11.2 Å². The van der Waals surface area contributed by atoms with E-state index in [1.54, 1.807) is 0 Å². The van der Waals surface area contributed by atoms with Gasteiger partial charge in [-0.25, -0.2) is 4.68 Å². The van der Waals surface area contributed by atoms with Gasteiger partial charge < -0.3 is 5.32 Å². The summed E-state index contributed by atoms with van der Waals surface area (Å²) in [7, 11) is 0. The van der Waals surface area contributed by atoms with Crippen LogP contribution < -0.4 is 10.9 Å². The zero-order chi connectivity index (χ0) is 14.6. The lowest BCUT2D eigenvalue weighted by molar-refractivity contribution is 0.233. The fourth-order valence-corrected chi connectivity index (χ4v) is 2.90. The van der Waals surface area contributed by atoms with Gasteiger partial charge in [0.25, 0.3) is 5.56 Å². The second-order valence-corrected chi connectivity index (χ2v) is 6.17. The molecule has 1 N–H and O–H groups in total. The maximum atomic E-state index is 12.2. The highest BCUT2D eigenvalue weighted by Gasteiger charge is 2.27. The number of hydrogen-bond donors (Lipinski definition) is 1. The van der Waals surface area contributed by atoms with E-state index in [2.05, 4.69) is 23.3 Å². The van der Waals surface area contributed by atoms with Gasteiger partial charge in [-0.3, -0.25) is 4.79 Å². The number of hydrogen-bond acceptors (Lipinski definition) is 3. The molecule has 0 saturated heterocycles. The van der Waals surface area contributed by atoms with Crippen molar-refractivity contribution in [3.8, 4) is 12.3 Å². The number of halogens is 1. The lowest BCUT2D eigenvalue weighted by atomic mass is 9.76. The van der Waals surface area contributed by atoms with Crippen molar-refractivity contribution in [1.82, 2.24) is 9.78 Å². The van der Waals surface area contributed by atoms with E-state index < -0.39 is 0 Å². The van der Waals surface area contributed by atoms with E-state index >= 15 is 0 Å². The summed E-state index contributed by atoms with van der Waals surface area (Å²) in [6.45, 7) is 3.16. The number of anilines is 1. The summed E-state index contributed by atoms with van der Waals surface area (Å²) in [5.41, 5.74) is 0.382. The fraction of sp³-hybridized carbons (Fsp3) is 0.600. The molecule has 1 aliphatic rings. The fourth-order valence-electron chi connectivity index (χ4n) is 2.71. The zero-order valence-electron chi connectivity index (χ0n) is 11.8. The number of nitrogens with zero attached hydrogens (tertiary/aromatic N) is 2. The topological polar surface area (TPSA) is 46.9 Å². The van der Waals surface area contributed by atoms with Gasteiger partial charge in [0.15, 0.2) is 0 Å². The van der Waals surface area contributed by atoms with Crippen molar-refractivity contribution >= 4 is 17.3 Å². The third-order valence-corrected chi connectivity index (χ3v) is 4.28. The quantitative estimate of drug-likeness (QED) is 0.868. The van der Waals surface area contributed by atoms with Gasteiger partial charge in [0.1, 0.15) is 12.2 Å². The molecule has 0 atom stereocenters. The number of nitrogens with one attached hydrogen (secondary N) is 1. The van der Waals surface area contributed by atoms with Gasteiger partial charge in [-0.1, -0.05) is 43.7 Å². The molecule has 4 nitrogen and oxygen atoms in total. The minimum absolute atomic E-state index is 0.155. The van der Waals surface area contributed by atoms with Gasteiger partial charge >= 0.3 is 0 Å². The summed E-state index contributed by atoms with van der Waals surface area (Å²) < 4.78 is 1.25. The van der Waals surface area contributed by atoms with Gasteiger partial charge in [-0.2, -0.15) is 5.10 Å². The molecule has 0 amide bonds. The zero-order valence-corrected chi connectivity index (χ0v) is 12.5. The molecule has 108 valence electrons. The smallest absolute Gasteiger partial charge is 0.292 e. The molecule has 5 heteroatoms. The van der Waals surface area contributed by atoms with Gasteiger partial charge in [0, 0.05) is 6.54 Å². The first-order valence-corrected chi connectivity index (χ1v) is 7.36. The molecule has 1 heterocycles. The molecule has 1 aromatic rings. The van der Waals surface area contributed by atoms with Crippen LogP contribution in [0.5, 0.6) is 0 Å². The Labute approximate surface area is 124 Å². The SMILES string of the molecule is C#CCn1ncc(Cl)c(NCC2(C)CCCCC2)c1=O. The van der Waals surface area contributed by atoms with Crippen LogP contribution in [0.2, 0.25) is 5.02 Å². The standard InChI is InChI=1S/C15H20ClN3O/c1-3-9-19-14(20)13(12(16)10-18-19)17-11-15(2)7-5-4-6-8-15/h1,10,17H,4-9,11H2,2H3. The van der Waals surface area contributed by atoms with E-state index in [0.717, 1.165) is 6.54 Å². The molecule has 20 heavy (non-hydrogen) atoms. The Balaban J connectivity index is 2.15. The number of aromatic nitrogens is 2. The monoisotopic (exact) mass is 293 g/mol. The van der Waals surface area contributed by atoms with Crippen molar-refractivity contribution in [3.05, 3.63) is 21.6 Å². The van der Waals surface area contributed by atoms with Crippen molar-refractivity contribution in [2.75, 3.05) is 11.9 Å². The summed E-state index contributed by atoms with van der Waals surface area (Å²) in [6.07, 6.45) is 12.9. The molecule has 1 aliphatic carbocycles. The van der Waals surface area contributed by atoms with Crippen LogP contribution >= 0.6 is 11.6 Å². The van der Waals surface area contributed by atoms with Crippen LogP contribution in [-0.2, 0) is 6.54 Å². The van der Waals surface area contributed by atoms with E-state index in [-0.39, 0.29) is 17.5 Å². The van der Waals surface area contributed by atoms with Crippen molar-refractivity contribution < 1.29 is 0 Å². The Morgan fingerprint density at radius 2 is 2.20 bits per heavy atom. The van der Waals surface area contributed by atoms with Crippen LogP contribution in [0.1, 0.15) is 39.0 Å². The van der Waals surface area contributed by atoms with Gasteiger partial charge in [-0.05, 0) is 18.3 Å². The minimum atomic E-state index is -0.255. The Bertz CT molecular complexity index is 567. The van der Waals surface area contributed by atoms with Crippen LogP contribution in [0.25, 0.3) is 0 Å². The van der Waals surface area contributed by atoms with E-state index in [1.807, 2.05) is 0 Å². The average Bonchev–Trinajstić information content (AvgIpc) is 2.43. The largest absolute Gasteiger partial charge is 0.379 e. The second kappa shape index (κ2) is 6.32. The lowest BCUT2D eigenvalue weighted by Crippen LogP contribution is -2.32. The Kier molecular flexibility index (Phi) is 4.72. The van der Waals surface area contributed by atoms with Crippen molar-refractivity contribution in [3.63, 3.8) is 0 Å². The Morgan fingerprint density at radius 1 is 1.50 bits per heavy atom. The normalized spacial score (nSPS) is 17.4. The molecule has 1 fully saturated rings. The van der Waals surface area contributed by atoms with E-state index in [4.69, 9.17) is 18.0 Å². The van der Waals surface area contributed by atoms with Crippen molar-refractivity contribution in [1.29, 1.82) is 0 Å². The Morgan fingerprint density at radius 3 is 2.85 bits per heavy atom. The maximum absolute atomic E-state index is 12.2. The summed E-state index contributed by atoms with van der Waals surface area (Å²) in [5.74, 6) is 2.41. The van der Waals surface area contributed by atoms with Crippen molar-refractivity contribution in [2.45, 2.75) is 45.6 Å². The highest BCUT2D eigenvalue weighted by atomic mass is 35.5. The highest BCUT2D eigenvalue weighted by Crippen LogP contribution is 2.35. The van der Waals surface area contributed by atoms with Crippen molar-refractivity contribution in [2.24, 2.45) is 5.41 Å². The van der Waals surface area contributed by atoms with Crippen LogP contribution in [0.15, 0.2) is 11.0 Å².